The summed E-state index contributed by atoms with van der Waals surface area (Å²) in [5, 5.41) is 1.83. The minimum Gasteiger partial charge on any atom is -0.384 e. The van der Waals surface area contributed by atoms with E-state index in [-0.39, 0.29) is 0 Å². The van der Waals surface area contributed by atoms with E-state index in [4.69, 9.17) is 11.5 Å². The number of urea groups is 1. The monoisotopic (exact) mass is 255 g/mol. The van der Waals surface area contributed by atoms with Crippen molar-refractivity contribution in [1.82, 2.24) is 15.3 Å². The fraction of sp³-hybridized carbons (Fsp3) is 0.333. The third-order valence-corrected chi connectivity index (χ3v) is 2.71. The first-order valence-corrected chi connectivity index (χ1v) is 5.64. The Balaban J connectivity index is 2.70. The maximum Gasteiger partial charge on any atom is 0.318 e. The molecule has 0 saturated carbocycles. The number of nitrogen functional groups attached to an aromatic ring is 1. The van der Waals surface area contributed by atoms with Crippen molar-refractivity contribution in [2.24, 2.45) is 5.73 Å². The van der Waals surface area contributed by atoms with Crippen LogP contribution in [0, 0.1) is 6.92 Å². The molecule has 92 valence electrons. The molecule has 8 heteroatoms. The maximum atomic E-state index is 11.4. The van der Waals surface area contributed by atoms with Gasteiger partial charge in [0, 0.05) is 11.8 Å². The van der Waals surface area contributed by atoms with Crippen molar-refractivity contribution in [3.63, 3.8) is 0 Å². The third kappa shape index (κ3) is 4.27. The molecule has 0 saturated heterocycles. The molecule has 0 aliphatic heterocycles. The highest BCUT2D eigenvalue weighted by Crippen LogP contribution is 2.20. The summed E-state index contributed by atoms with van der Waals surface area (Å²) in [6, 6.07) is 0.741. The molecule has 0 bridgehead atoms. The largest absolute Gasteiger partial charge is 0.384 e. The van der Waals surface area contributed by atoms with Gasteiger partial charge in [0.15, 0.2) is 5.16 Å². The van der Waals surface area contributed by atoms with E-state index in [0.717, 1.165) is 11.8 Å². The van der Waals surface area contributed by atoms with Gasteiger partial charge in [0.25, 0.3) is 0 Å². The predicted molar refractivity (Wildman–Crippen MR) is 64.2 cm³/mol. The summed E-state index contributed by atoms with van der Waals surface area (Å²) < 4.78 is 0. The lowest BCUT2D eigenvalue weighted by atomic mass is 10.4. The Morgan fingerprint density at radius 2 is 2.12 bits per heavy atom. The number of aryl methyl sites for hydroxylation is 1. The lowest BCUT2D eigenvalue weighted by molar-refractivity contribution is -0.119. The summed E-state index contributed by atoms with van der Waals surface area (Å²) in [6.07, 6.45) is 0. The molecule has 1 rings (SSSR count). The number of aromatic nitrogens is 2. The Labute approximate surface area is 102 Å². The van der Waals surface area contributed by atoms with Crippen molar-refractivity contribution >= 4 is 29.5 Å². The summed E-state index contributed by atoms with van der Waals surface area (Å²) >= 11 is 1.10. The molecule has 0 radical (unpaired) electrons. The van der Waals surface area contributed by atoms with E-state index in [1.165, 1.54) is 0 Å². The summed E-state index contributed by atoms with van der Waals surface area (Å²) in [6.45, 7) is 3.39. The number of hydrogen-bond donors (Lipinski definition) is 3. The van der Waals surface area contributed by atoms with Crippen LogP contribution in [0.1, 0.15) is 12.6 Å². The molecule has 17 heavy (non-hydrogen) atoms. The molecule has 1 atom stereocenters. The topological polar surface area (TPSA) is 124 Å². The molecule has 1 heterocycles. The Bertz CT molecular complexity index is 431. The summed E-state index contributed by atoms with van der Waals surface area (Å²) in [5.74, 6) is -0.159. The van der Waals surface area contributed by atoms with Crippen LogP contribution < -0.4 is 16.8 Å². The van der Waals surface area contributed by atoms with Gasteiger partial charge in [-0.3, -0.25) is 10.1 Å². The van der Waals surface area contributed by atoms with Gasteiger partial charge in [-0.15, -0.1) is 0 Å². The normalized spacial score (nSPS) is 11.9. The van der Waals surface area contributed by atoms with Gasteiger partial charge in [-0.1, -0.05) is 11.8 Å². The number of rotatable bonds is 3. The van der Waals surface area contributed by atoms with Crippen LogP contribution in [-0.2, 0) is 4.79 Å². The van der Waals surface area contributed by atoms with E-state index < -0.39 is 17.2 Å². The Hall–Kier alpha value is -1.83. The highest BCUT2D eigenvalue weighted by atomic mass is 32.2. The highest BCUT2D eigenvalue weighted by Gasteiger charge is 2.17. The molecular weight excluding hydrogens is 242 g/mol. The number of nitrogens with two attached hydrogens (primary N) is 2. The molecule has 0 aliphatic rings. The number of amides is 3. The number of nitrogens with one attached hydrogen (secondary N) is 1. The number of carbonyl (C=O) groups excluding carboxylic acids is 2. The fourth-order valence-electron chi connectivity index (χ4n) is 1.05. The predicted octanol–water partition coefficient (Wildman–Crippen LogP) is 0.0427. The maximum absolute atomic E-state index is 11.4. The number of imide groups is 1. The van der Waals surface area contributed by atoms with E-state index in [9.17, 15) is 9.59 Å². The Morgan fingerprint density at radius 1 is 1.47 bits per heavy atom. The van der Waals surface area contributed by atoms with E-state index in [1.54, 1.807) is 19.9 Å². The smallest absolute Gasteiger partial charge is 0.318 e. The number of carbonyl (C=O) groups is 2. The van der Waals surface area contributed by atoms with Gasteiger partial charge in [-0.05, 0) is 13.8 Å². The van der Waals surface area contributed by atoms with Crippen molar-refractivity contribution in [3.8, 4) is 0 Å². The molecule has 1 aromatic heterocycles. The zero-order chi connectivity index (χ0) is 13.0. The van der Waals surface area contributed by atoms with Crippen LogP contribution in [0.15, 0.2) is 11.2 Å². The average Bonchev–Trinajstić information content (AvgIpc) is 2.14. The first-order chi connectivity index (χ1) is 7.88. The van der Waals surface area contributed by atoms with Gasteiger partial charge < -0.3 is 11.5 Å². The van der Waals surface area contributed by atoms with Crippen LogP contribution >= 0.6 is 11.8 Å². The van der Waals surface area contributed by atoms with Crippen molar-refractivity contribution in [2.75, 3.05) is 5.73 Å². The molecule has 7 nitrogen and oxygen atoms in total. The van der Waals surface area contributed by atoms with Crippen molar-refractivity contribution < 1.29 is 9.59 Å². The highest BCUT2D eigenvalue weighted by molar-refractivity contribution is 8.00. The molecule has 1 aromatic rings. The number of primary amides is 1. The number of anilines is 1. The van der Waals surface area contributed by atoms with Crippen LogP contribution in [0.4, 0.5) is 10.6 Å². The molecule has 0 aliphatic carbocycles. The lowest BCUT2D eigenvalue weighted by Gasteiger charge is -2.09. The first kappa shape index (κ1) is 13.2. The third-order valence-electron chi connectivity index (χ3n) is 1.75. The van der Waals surface area contributed by atoms with Crippen LogP contribution in [0.25, 0.3) is 0 Å². The fourth-order valence-corrected chi connectivity index (χ4v) is 1.89. The molecular formula is C9H13N5O2S. The molecule has 0 fully saturated rings. The van der Waals surface area contributed by atoms with Gasteiger partial charge in [0.2, 0.25) is 5.91 Å². The van der Waals surface area contributed by atoms with E-state index in [2.05, 4.69) is 9.97 Å². The second-order valence-electron chi connectivity index (χ2n) is 3.33. The summed E-state index contributed by atoms with van der Waals surface area (Å²) in [5.41, 5.74) is 11.1. The molecule has 5 N–H and O–H groups in total. The number of thioether (sulfide) groups is 1. The Morgan fingerprint density at radius 3 is 2.65 bits per heavy atom. The molecule has 1 unspecified atom stereocenters. The zero-order valence-corrected chi connectivity index (χ0v) is 10.2. The number of nitrogens with zero attached hydrogens (tertiary/aromatic N) is 2. The Kier molecular flexibility index (Phi) is 4.27. The SMILES string of the molecule is Cc1cc(N)nc(SC(C)C(=O)NC(N)=O)n1. The van der Waals surface area contributed by atoms with Gasteiger partial charge in [-0.25, -0.2) is 14.8 Å². The van der Waals surface area contributed by atoms with E-state index in [1.807, 2.05) is 5.32 Å². The van der Waals surface area contributed by atoms with Crippen LogP contribution in [0.3, 0.4) is 0 Å². The van der Waals surface area contributed by atoms with Crippen LogP contribution in [0.5, 0.6) is 0 Å². The van der Waals surface area contributed by atoms with Crippen LogP contribution in [-0.4, -0.2) is 27.2 Å². The standard InChI is InChI=1S/C9H13N5O2S/c1-4-3-6(10)13-9(12-4)17-5(2)7(15)14-8(11)16/h3,5H,1-2H3,(H2,10,12,13)(H3,11,14,15,16). The van der Waals surface area contributed by atoms with Gasteiger partial charge >= 0.3 is 6.03 Å². The minimum atomic E-state index is -0.882. The second kappa shape index (κ2) is 5.48. The van der Waals surface area contributed by atoms with E-state index >= 15 is 0 Å². The number of hydrogen-bond acceptors (Lipinski definition) is 6. The van der Waals surface area contributed by atoms with Crippen LogP contribution in [0.2, 0.25) is 0 Å². The summed E-state index contributed by atoms with van der Waals surface area (Å²) in [4.78, 5) is 30.0. The van der Waals surface area contributed by atoms with Crippen molar-refractivity contribution in [2.45, 2.75) is 24.3 Å². The molecule has 0 aromatic carbocycles. The zero-order valence-electron chi connectivity index (χ0n) is 9.43. The van der Waals surface area contributed by atoms with E-state index in [0.29, 0.717) is 16.7 Å². The second-order valence-corrected chi connectivity index (χ2v) is 4.64. The molecule has 0 spiro atoms. The summed E-state index contributed by atoms with van der Waals surface area (Å²) in [7, 11) is 0. The van der Waals surface area contributed by atoms with Gasteiger partial charge in [0.1, 0.15) is 5.82 Å². The molecule has 3 amide bonds. The van der Waals surface area contributed by atoms with Gasteiger partial charge in [0.05, 0.1) is 5.25 Å². The van der Waals surface area contributed by atoms with Gasteiger partial charge in [-0.2, -0.15) is 0 Å². The average molecular weight is 255 g/mol. The van der Waals surface area contributed by atoms with Crippen molar-refractivity contribution in [1.29, 1.82) is 0 Å². The first-order valence-electron chi connectivity index (χ1n) is 4.76. The van der Waals surface area contributed by atoms with Crippen molar-refractivity contribution in [3.05, 3.63) is 11.8 Å². The minimum absolute atomic E-state index is 0.336. The lowest BCUT2D eigenvalue weighted by Crippen LogP contribution is -2.39. The quantitative estimate of drug-likeness (QED) is 0.517.